The lowest BCUT2D eigenvalue weighted by atomic mass is 10.1. The summed E-state index contributed by atoms with van der Waals surface area (Å²) < 4.78 is 12.0. The van der Waals surface area contributed by atoms with E-state index in [0.29, 0.717) is 36.6 Å². The smallest absolute Gasteiger partial charge is 0.266 e. The Morgan fingerprint density at radius 2 is 1.86 bits per heavy atom. The van der Waals surface area contributed by atoms with E-state index in [0.717, 1.165) is 11.3 Å². The third-order valence-corrected chi connectivity index (χ3v) is 4.40. The zero-order valence-corrected chi connectivity index (χ0v) is 15.1. The largest absolute Gasteiger partial charge is 0.454 e. The maximum absolute atomic E-state index is 12.3. The average molecular weight is 377 g/mol. The van der Waals surface area contributed by atoms with Crippen molar-refractivity contribution in [1.82, 2.24) is 15.1 Å². The summed E-state index contributed by atoms with van der Waals surface area (Å²) in [6, 6.07) is 18.0. The number of carbonyl (C=O) groups excluding carboxylic acids is 1. The van der Waals surface area contributed by atoms with Crippen LogP contribution in [0.1, 0.15) is 16.8 Å². The van der Waals surface area contributed by atoms with Crippen LogP contribution in [0, 0.1) is 0 Å². The van der Waals surface area contributed by atoms with E-state index in [-0.39, 0.29) is 18.3 Å². The summed E-state index contributed by atoms with van der Waals surface area (Å²) in [6.07, 6.45) is 0.585. The van der Waals surface area contributed by atoms with Crippen LogP contribution < -0.4 is 20.3 Å². The van der Waals surface area contributed by atoms with Gasteiger partial charge < -0.3 is 14.8 Å². The van der Waals surface area contributed by atoms with Gasteiger partial charge in [-0.25, -0.2) is 4.68 Å². The normalized spacial score (nSPS) is 12.0. The molecule has 2 aromatic carbocycles. The fourth-order valence-electron chi connectivity index (χ4n) is 2.94. The van der Waals surface area contributed by atoms with E-state index in [2.05, 4.69) is 10.4 Å². The van der Waals surface area contributed by atoms with Crippen LogP contribution in [0.15, 0.2) is 65.5 Å². The van der Waals surface area contributed by atoms with Gasteiger partial charge in [0.15, 0.2) is 11.5 Å². The number of hydrogen-bond acceptors (Lipinski definition) is 5. The molecule has 142 valence electrons. The highest BCUT2D eigenvalue weighted by molar-refractivity contribution is 5.94. The minimum absolute atomic E-state index is 0.165. The number of aryl methyl sites for hydroxylation is 1. The van der Waals surface area contributed by atoms with Crippen LogP contribution in [0.25, 0.3) is 11.3 Å². The minimum atomic E-state index is -0.198. The maximum Gasteiger partial charge on any atom is 0.266 e. The Kier molecular flexibility index (Phi) is 5.05. The molecule has 0 bridgehead atoms. The van der Waals surface area contributed by atoms with Gasteiger partial charge in [-0.1, -0.05) is 30.3 Å². The van der Waals surface area contributed by atoms with E-state index in [9.17, 15) is 9.59 Å². The molecule has 3 aromatic rings. The van der Waals surface area contributed by atoms with Crippen molar-refractivity contribution in [3.8, 4) is 22.8 Å². The number of amides is 1. The van der Waals surface area contributed by atoms with Crippen LogP contribution in [-0.4, -0.2) is 29.0 Å². The van der Waals surface area contributed by atoms with E-state index in [4.69, 9.17) is 9.47 Å². The van der Waals surface area contributed by atoms with E-state index >= 15 is 0 Å². The number of nitrogens with zero attached hydrogens (tertiary/aromatic N) is 2. The number of rotatable bonds is 6. The molecular formula is C21H19N3O4. The van der Waals surface area contributed by atoms with Gasteiger partial charge in [0.05, 0.1) is 5.69 Å². The SMILES string of the molecule is O=C(NCCCn1nc(-c2ccccc2)ccc1=O)c1ccc2c(c1)OCO2. The molecule has 7 nitrogen and oxygen atoms in total. The second-order valence-electron chi connectivity index (χ2n) is 6.32. The van der Waals surface area contributed by atoms with Gasteiger partial charge in [-0.2, -0.15) is 5.10 Å². The van der Waals surface area contributed by atoms with Gasteiger partial charge in [0.25, 0.3) is 11.5 Å². The molecule has 1 aromatic heterocycles. The summed E-state index contributed by atoms with van der Waals surface area (Å²) in [5.74, 6) is 1.01. The fraction of sp³-hybridized carbons (Fsp3) is 0.190. The third-order valence-electron chi connectivity index (χ3n) is 4.40. The summed E-state index contributed by atoms with van der Waals surface area (Å²) in [6.45, 7) is 1.02. The van der Waals surface area contributed by atoms with Gasteiger partial charge in [0, 0.05) is 30.3 Å². The molecule has 0 saturated carbocycles. The number of ether oxygens (including phenoxy) is 2. The first-order chi connectivity index (χ1) is 13.7. The molecule has 7 heteroatoms. The first kappa shape index (κ1) is 17.8. The first-order valence-corrected chi connectivity index (χ1v) is 9.02. The van der Waals surface area contributed by atoms with Crippen LogP contribution in [0.3, 0.4) is 0 Å². The zero-order chi connectivity index (χ0) is 19.3. The summed E-state index contributed by atoms with van der Waals surface area (Å²) in [5, 5.41) is 7.27. The van der Waals surface area contributed by atoms with Crippen molar-refractivity contribution in [2.45, 2.75) is 13.0 Å². The molecule has 0 unspecified atom stereocenters. The molecule has 1 aliphatic rings. The summed E-state index contributed by atoms with van der Waals surface area (Å²) in [5.41, 5.74) is 2.03. The van der Waals surface area contributed by atoms with Crippen molar-refractivity contribution in [2.75, 3.05) is 13.3 Å². The van der Waals surface area contributed by atoms with Gasteiger partial charge in [0.1, 0.15) is 0 Å². The lowest BCUT2D eigenvalue weighted by Gasteiger charge is -2.08. The number of benzene rings is 2. The molecule has 0 atom stereocenters. The quantitative estimate of drug-likeness (QED) is 0.668. The summed E-state index contributed by atoms with van der Waals surface area (Å²) in [4.78, 5) is 24.3. The van der Waals surface area contributed by atoms with Crippen molar-refractivity contribution < 1.29 is 14.3 Å². The molecule has 0 fully saturated rings. The molecule has 1 amide bonds. The zero-order valence-electron chi connectivity index (χ0n) is 15.1. The number of aromatic nitrogens is 2. The highest BCUT2D eigenvalue weighted by Crippen LogP contribution is 2.32. The predicted octanol–water partition coefficient (Wildman–Crippen LogP) is 2.46. The molecule has 1 N–H and O–H groups in total. The molecule has 0 spiro atoms. The Bertz CT molecular complexity index is 1050. The monoisotopic (exact) mass is 377 g/mol. The van der Waals surface area contributed by atoms with Crippen LogP contribution in [0.2, 0.25) is 0 Å². The van der Waals surface area contributed by atoms with E-state index in [1.807, 2.05) is 30.3 Å². The highest BCUT2D eigenvalue weighted by Gasteiger charge is 2.15. The van der Waals surface area contributed by atoms with Crippen molar-refractivity contribution in [3.05, 3.63) is 76.6 Å². The van der Waals surface area contributed by atoms with E-state index in [1.165, 1.54) is 10.7 Å². The van der Waals surface area contributed by atoms with Crippen LogP contribution in [0.5, 0.6) is 11.5 Å². The molecule has 4 rings (SSSR count). The third kappa shape index (κ3) is 3.88. The van der Waals surface area contributed by atoms with Crippen LogP contribution in [0.4, 0.5) is 0 Å². The second-order valence-corrected chi connectivity index (χ2v) is 6.32. The molecule has 2 heterocycles. The van der Waals surface area contributed by atoms with Gasteiger partial charge in [-0.15, -0.1) is 0 Å². The predicted molar refractivity (Wildman–Crippen MR) is 103 cm³/mol. The van der Waals surface area contributed by atoms with Crippen LogP contribution >= 0.6 is 0 Å². The molecule has 1 aliphatic heterocycles. The number of hydrogen-bond donors (Lipinski definition) is 1. The number of fused-ring (bicyclic) bond motifs is 1. The minimum Gasteiger partial charge on any atom is -0.454 e. The Morgan fingerprint density at radius 1 is 1.04 bits per heavy atom. The number of carbonyl (C=O) groups is 1. The Hall–Kier alpha value is -3.61. The lowest BCUT2D eigenvalue weighted by Crippen LogP contribution is -2.28. The molecule has 0 saturated heterocycles. The van der Waals surface area contributed by atoms with Gasteiger partial charge in [-0.05, 0) is 30.7 Å². The molecule has 0 radical (unpaired) electrons. The average Bonchev–Trinajstić information content (AvgIpc) is 3.20. The second kappa shape index (κ2) is 7.96. The molecule has 0 aliphatic carbocycles. The standard InChI is InChI=1S/C21H19N3O4/c25-20-10-8-17(15-5-2-1-3-6-15)23-24(20)12-4-11-22-21(26)16-7-9-18-19(13-16)28-14-27-18/h1-3,5-10,13H,4,11-12,14H2,(H,22,26). The first-order valence-electron chi connectivity index (χ1n) is 9.02. The highest BCUT2D eigenvalue weighted by atomic mass is 16.7. The lowest BCUT2D eigenvalue weighted by molar-refractivity contribution is 0.0952. The van der Waals surface area contributed by atoms with Crippen molar-refractivity contribution in [3.63, 3.8) is 0 Å². The van der Waals surface area contributed by atoms with Crippen molar-refractivity contribution in [1.29, 1.82) is 0 Å². The fourth-order valence-corrected chi connectivity index (χ4v) is 2.94. The summed E-state index contributed by atoms with van der Waals surface area (Å²) >= 11 is 0. The van der Waals surface area contributed by atoms with E-state index in [1.54, 1.807) is 24.3 Å². The summed E-state index contributed by atoms with van der Waals surface area (Å²) in [7, 11) is 0. The number of nitrogens with one attached hydrogen (secondary N) is 1. The maximum atomic E-state index is 12.3. The van der Waals surface area contributed by atoms with E-state index < -0.39 is 0 Å². The Labute approximate surface area is 161 Å². The van der Waals surface area contributed by atoms with Crippen LogP contribution in [-0.2, 0) is 6.54 Å². The van der Waals surface area contributed by atoms with Gasteiger partial charge in [0.2, 0.25) is 6.79 Å². The van der Waals surface area contributed by atoms with Crippen molar-refractivity contribution >= 4 is 5.91 Å². The van der Waals surface area contributed by atoms with Crippen molar-refractivity contribution in [2.24, 2.45) is 0 Å². The molecule has 28 heavy (non-hydrogen) atoms. The molecular weight excluding hydrogens is 358 g/mol. The van der Waals surface area contributed by atoms with Gasteiger partial charge in [-0.3, -0.25) is 9.59 Å². The topological polar surface area (TPSA) is 82.5 Å². The Balaban J connectivity index is 1.34. The van der Waals surface area contributed by atoms with Gasteiger partial charge >= 0.3 is 0 Å². The Morgan fingerprint density at radius 3 is 2.71 bits per heavy atom.